The molecule has 0 aromatic heterocycles. The van der Waals surface area contributed by atoms with Crippen molar-refractivity contribution in [3.63, 3.8) is 0 Å². The van der Waals surface area contributed by atoms with Gasteiger partial charge in [-0.25, -0.2) is 14.4 Å². The Labute approximate surface area is 502 Å². The first-order chi connectivity index (χ1) is 39.9. The number of alkyl carbamates (subject to hydrolysis) is 3. The maximum Gasteiger partial charge on any atom is 0.407 e. The van der Waals surface area contributed by atoms with E-state index in [4.69, 9.17) is 33.2 Å². The number of hydrogen-bond donors (Lipinski definition) is 7. The van der Waals surface area contributed by atoms with Gasteiger partial charge >= 0.3 is 24.2 Å². The Morgan fingerprint density at radius 1 is 0.357 bits per heavy atom. The molecular weight excluding hydrogens is 1080 g/mol. The highest BCUT2D eigenvalue weighted by atomic mass is 16.6. The van der Waals surface area contributed by atoms with Gasteiger partial charge in [0.25, 0.3) is 0 Å². The van der Waals surface area contributed by atoms with Crippen LogP contribution < -0.4 is 37.2 Å². The maximum absolute atomic E-state index is 13.8. The van der Waals surface area contributed by atoms with Crippen molar-refractivity contribution >= 4 is 47.9 Å². The van der Waals surface area contributed by atoms with E-state index in [1.54, 1.807) is 62.3 Å². The third-order valence-corrected chi connectivity index (χ3v) is 12.3. The fourth-order valence-electron chi connectivity index (χ4n) is 8.06. The van der Waals surface area contributed by atoms with Gasteiger partial charge in [0.2, 0.25) is 23.6 Å². The highest BCUT2D eigenvalue weighted by Crippen LogP contribution is 2.16. The molecule has 0 heterocycles. The molecule has 0 aliphatic heterocycles. The lowest BCUT2D eigenvalue weighted by Crippen LogP contribution is -2.58. The summed E-state index contributed by atoms with van der Waals surface area (Å²) in [7, 11) is 0. The molecule has 0 saturated carbocycles. The van der Waals surface area contributed by atoms with Crippen molar-refractivity contribution in [1.82, 2.24) is 37.2 Å². The summed E-state index contributed by atoms with van der Waals surface area (Å²) < 4.78 is 39.5. The molecule has 0 bridgehead atoms. The summed E-state index contributed by atoms with van der Waals surface area (Å²) in [6.45, 7) is 19.0. The van der Waals surface area contributed by atoms with E-state index in [2.05, 4.69) is 37.2 Å². The number of nitrogens with one attached hydrogen (secondary N) is 7. The van der Waals surface area contributed by atoms with E-state index in [0.717, 1.165) is 89.0 Å². The molecule has 0 spiro atoms. The van der Waals surface area contributed by atoms with Crippen LogP contribution in [0.15, 0.2) is 30.3 Å². The molecule has 0 fully saturated rings. The van der Waals surface area contributed by atoms with Gasteiger partial charge in [-0.1, -0.05) is 68.9 Å². The Morgan fingerprint density at radius 2 is 0.667 bits per heavy atom. The van der Waals surface area contributed by atoms with E-state index < -0.39 is 40.6 Å². The van der Waals surface area contributed by atoms with Crippen LogP contribution in [0.2, 0.25) is 0 Å². The molecule has 1 rings (SSSR count). The van der Waals surface area contributed by atoms with Gasteiger partial charge in [0.1, 0.15) is 28.9 Å². The number of esters is 1. The van der Waals surface area contributed by atoms with Crippen molar-refractivity contribution in [1.29, 1.82) is 0 Å². The average molecular weight is 1190 g/mol. The molecular formula is C62H109N7O15. The summed E-state index contributed by atoms with van der Waals surface area (Å²) >= 11 is 0. The van der Waals surface area contributed by atoms with Crippen LogP contribution in [0, 0.1) is 0 Å². The van der Waals surface area contributed by atoms with Crippen molar-refractivity contribution in [3.8, 4) is 0 Å². The molecule has 7 amide bonds. The van der Waals surface area contributed by atoms with Crippen molar-refractivity contribution in [2.75, 3.05) is 78.9 Å². The Bertz CT molecular complexity index is 1840. The molecule has 1 aromatic rings. The maximum atomic E-state index is 13.8. The predicted molar refractivity (Wildman–Crippen MR) is 323 cm³/mol. The normalized spacial score (nSPS) is 11.7. The number of ether oxygens (including phenoxy) is 7. The largest absolute Gasteiger partial charge is 0.461 e. The standard InChI is InChI=1S/C62H109N7O15/c1-59(2,3)82-56(75)66-40-27-17-24-37-63-51(70)34-43-78-47-62(48-79-44-35-52(71)64-38-25-18-28-41-67-57(76)83-60(4,5)6,49-80-45-36-53(72)65-39-26-19-29-42-68-58(77)84-61(7,8)9)69-54(73)32-22-14-12-10-11-13-15-23-33-55(74)81-46-50-30-20-16-21-31-50/h16,20-21,30-31H,10-15,17-19,22-29,32-49H2,1-9H3,(H,63,70)(H,64,71)(H,65,72)(H,66,75)(H,67,76)(H,68,77)(H,69,73). The Morgan fingerprint density at radius 3 is 1.01 bits per heavy atom. The van der Waals surface area contributed by atoms with Crippen molar-refractivity contribution in [2.45, 2.75) is 233 Å². The SMILES string of the molecule is CC(C)(C)OC(=O)NCCCCCNC(=O)CCOCC(COCCC(=O)NCCCCCNC(=O)OC(C)(C)C)(COCCC(=O)NCCCCCNC(=O)OC(C)(C)C)NC(=O)CCCCCCCCCCC(=O)OCc1ccccc1. The molecule has 0 atom stereocenters. The lowest BCUT2D eigenvalue weighted by atomic mass is 10.0. The second-order valence-electron chi connectivity index (χ2n) is 24.2. The van der Waals surface area contributed by atoms with Crippen LogP contribution in [0.1, 0.15) is 209 Å². The highest BCUT2D eigenvalue weighted by Gasteiger charge is 2.34. The molecule has 0 aliphatic rings. The van der Waals surface area contributed by atoms with Gasteiger partial charge in [0.05, 0.1) is 39.6 Å². The van der Waals surface area contributed by atoms with Gasteiger partial charge in [-0.15, -0.1) is 0 Å². The third kappa shape index (κ3) is 48.6. The quantitative estimate of drug-likeness (QED) is 0.0182. The monoisotopic (exact) mass is 1190 g/mol. The summed E-state index contributed by atoms with van der Waals surface area (Å²) in [5.41, 5.74) is -2.02. The molecule has 7 N–H and O–H groups in total. The number of rotatable bonds is 47. The molecule has 0 aliphatic carbocycles. The number of carbonyl (C=O) groups excluding carboxylic acids is 8. The van der Waals surface area contributed by atoms with Crippen LogP contribution in [-0.4, -0.2) is 149 Å². The van der Waals surface area contributed by atoms with Gasteiger partial charge in [-0.2, -0.15) is 0 Å². The lowest BCUT2D eigenvalue weighted by molar-refractivity contribution is -0.145. The van der Waals surface area contributed by atoms with Gasteiger partial charge < -0.3 is 70.4 Å². The molecule has 0 saturated heterocycles. The average Bonchev–Trinajstić information content (AvgIpc) is 3.59. The van der Waals surface area contributed by atoms with E-state index in [1.165, 1.54) is 0 Å². The summed E-state index contributed by atoms with van der Waals surface area (Å²) in [6, 6.07) is 9.61. The highest BCUT2D eigenvalue weighted by molar-refractivity contribution is 5.77. The van der Waals surface area contributed by atoms with Crippen LogP contribution in [-0.2, 0) is 63.7 Å². The molecule has 0 unspecified atom stereocenters. The van der Waals surface area contributed by atoms with Gasteiger partial charge in [-0.05, 0) is 139 Å². The summed E-state index contributed by atoms with van der Waals surface area (Å²) in [4.78, 5) is 100. The number of carbonyl (C=O) groups is 8. The fraction of sp³-hybridized carbons (Fsp3) is 0.774. The van der Waals surface area contributed by atoms with Crippen LogP contribution in [0.3, 0.4) is 0 Å². The van der Waals surface area contributed by atoms with E-state index in [1.807, 2.05) is 30.3 Å². The lowest BCUT2D eigenvalue weighted by Gasteiger charge is -2.34. The minimum atomic E-state index is -1.25. The number of unbranched alkanes of at least 4 members (excludes halogenated alkanes) is 13. The summed E-state index contributed by atoms with van der Waals surface area (Å²) in [5.74, 6) is -1.08. The fourth-order valence-corrected chi connectivity index (χ4v) is 8.06. The van der Waals surface area contributed by atoms with Gasteiger partial charge in [-0.3, -0.25) is 24.0 Å². The Hall–Kier alpha value is -5.74. The molecule has 22 heteroatoms. The first-order valence-electron chi connectivity index (χ1n) is 30.8. The molecule has 0 radical (unpaired) electrons. The summed E-state index contributed by atoms with van der Waals surface area (Å²) in [5, 5.41) is 20.0. The van der Waals surface area contributed by atoms with Gasteiger partial charge in [0.15, 0.2) is 0 Å². The minimum absolute atomic E-state index is 0.0283. The van der Waals surface area contributed by atoms with E-state index >= 15 is 0 Å². The van der Waals surface area contributed by atoms with E-state index in [0.29, 0.717) is 71.4 Å². The van der Waals surface area contributed by atoms with Crippen molar-refractivity contribution in [2.24, 2.45) is 0 Å². The predicted octanol–water partition coefficient (Wildman–Crippen LogP) is 9.14. The van der Waals surface area contributed by atoms with Crippen LogP contribution in [0.4, 0.5) is 14.4 Å². The second kappa shape index (κ2) is 45.6. The van der Waals surface area contributed by atoms with Gasteiger partial charge in [0, 0.05) is 71.4 Å². The van der Waals surface area contributed by atoms with Crippen LogP contribution in [0.5, 0.6) is 0 Å². The summed E-state index contributed by atoms with van der Waals surface area (Å²) in [6.07, 6.45) is 13.2. The minimum Gasteiger partial charge on any atom is -0.461 e. The zero-order valence-electron chi connectivity index (χ0n) is 52.8. The van der Waals surface area contributed by atoms with Crippen molar-refractivity contribution in [3.05, 3.63) is 35.9 Å². The number of benzene rings is 1. The zero-order chi connectivity index (χ0) is 62.4. The zero-order valence-corrected chi connectivity index (χ0v) is 52.8. The van der Waals surface area contributed by atoms with Crippen molar-refractivity contribution < 1.29 is 71.5 Å². The molecule has 22 nitrogen and oxygen atoms in total. The molecule has 482 valence electrons. The topological polar surface area (TPSA) is 285 Å². The third-order valence-electron chi connectivity index (χ3n) is 12.3. The second-order valence-corrected chi connectivity index (χ2v) is 24.2. The van der Waals surface area contributed by atoms with Crippen LogP contribution >= 0.6 is 0 Å². The number of amides is 7. The molecule has 84 heavy (non-hydrogen) atoms. The Balaban J connectivity index is 2.87. The van der Waals surface area contributed by atoms with E-state index in [-0.39, 0.29) is 102 Å². The molecule has 1 aromatic carbocycles. The van der Waals surface area contributed by atoms with Crippen LogP contribution in [0.25, 0.3) is 0 Å². The first-order valence-corrected chi connectivity index (χ1v) is 30.8. The first kappa shape index (κ1) is 76.3. The Kier molecular flexibility index (Phi) is 41.4. The number of hydrogen-bond acceptors (Lipinski definition) is 15. The van der Waals surface area contributed by atoms with E-state index in [9.17, 15) is 38.4 Å². The smallest absolute Gasteiger partial charge is 0.407 e.